The van der Waals surface area contributed by atoms with Gasteiger partial charge in [-0.3, -0.25) is 14.4 Å². The molecule has 1 atom stereocenters. The van der Waals surface area contributed by atoms with Crippen molar-refractivity contribution in [3.63, 3.8) is 0 Å². The fourth-order valence-corrected chi connectivity index (χ4v) is 3.60. The van der Waals surface area contributed by atoms with Crippen LogP contribution in [-0.4, -0.2) is 55.0 Å². The fraction of sp³-hybridized carbons (Fsp3) is 0.423. The number of ether oxygens (including phenoxy) is 2. The van der Waals surface area contributed by atoms with E-state index in [2.05, 4.69) is 5.32 Å². The molecule has 2 amide bonds. The number of carbonyl (C=O) groups is 3. The minimum Gasteiger partial charge on any atom is -0.493 e. The third-order valence-electron chi connectivity index (χ3n) is 5.49. The van der Waals surface area contributed by atoms with Gasteiger partial charge in [-0.1, -0.05) is 50.2 Å². The zero-order chi connectivity index (χ0) is 23.6. The Morgan fingerprint density at radius 2 is 1.88 bits per heavy atom. The van der Waals surface area contributed by atoms with Crippen LogP contribution in [0.2, 0.25) is 0 Å². The summed E-state index contributed by atoms with van der Waals surface area (Å²) in [5.41, 5.74) is 1.59. The maximum Gasteiger partial charge on any atom is 0.308 e. The van der Waals surface area contributed by atoms with Crippen molar-refractivity contribution in [3.8, 4) is 5.75 Å². The SMILES string of the molecule is CC(C)CCOC(=O)CC1C(=O)NCCN1C(=O)c1cccc(OCCc2ccccc2)c1. The van der Waals surface area contributed by atoms with E-state index in [1.54, 1.807) is 24.3 Å². The van der Waals surface area contributed by atoms with Crippen molar-refractivity contribution < 1.29 is 23.9 Å². The van der Waals surface area contributed by atoms with Crippen LogP contribution in [0.25, 0.3) is 0 Å². The molecule has 0 aromatic heterocycles. The number of piperazine rings is 1. The van der Waals surface area contributed by atoms with E-state index in [9.17, 15) is 14.4 Å². The number of esters is 1. The van der Waals surface area contributed by atoms with Crippen LogP contribution in [0.15, 0.2) is 54.6 Å². The smallest absolute Gasteiger partial charge is 0.308 e. The summed E-state index contributed by atoms with van der Waals surface area (Å²) in [6.45, 7) is 5.55. The van der Waals surface area contributed by atoms with Crippen molar-refractivity contribution in [2.75, 3.05) is 26.3 Å². The van der Waals surface area contributed by atoms with Crippen molar-refractivity contribution in [1.29, 1.82) is 0 Å². The molecule has 0 radical (unpaired) electrons. The van der Waals surface area contributed by atoms with Gasteiger partial charge < -0.3 is 19.7 Å². The molecule has 176 valence electrons. The highest BCUT2D eigenvalue weighted by Gasteiger charge is 2.35. The highest BCUT2D eigenvalue weighted by Crippen LogP contribution is 2.19. The quantitative estimate of drug-likeness (QED) is 0.560. The molecule has 1 aliphatic heterocycles. The third-order valence-corrected chi connectivity index (χ3v) is 5.49. The lowest BCUT2D eigenvalue weighted by atomic mass is 10.1. The monoisotopic (exact) mass is 452 g/mol. The number of carbonyl (C=O) groups excluding carboxylic acids is 3. The molecule has 2 aromatic rings. The molecule has 0 spiro atoms. The Labute approximate surface area is 195 Å². The van der Waals surface area contributed by atoms with Gasteiger partial charge in [0.15, 0.2) is 0 Å². The number of hydrogen-bond acceptors (Lipinski definition) is 5. The van der Waals surface area contributed by atoms with Gasteiger partial charge in [-0.15, -0.1) is 0 Å². The first-order chi connectivity index (χ1) is 15.9. The van der Waals surface area contributed by atoms with Crippen molar-refractivity contribution in [2.45, 2.75) is 39.2 Å². The average molecular weight is 453 g/mol. The number of nitrogens with one attached hydrogen (secondary N) is 1. The van der Waals surface area contributed by atoms with Gasteiger partial charge in [0.25, 0.3) is 5.91 Å². The van der Waals surface area contributed by atoms with E-state index < -0.39 is 12.0 Å². The molecular formula is C26H32N2O5. The summed E-state index contributed by atoms with van der Waals surface area (Å²) < 4.78 is 11.1. The Hall–Kier alpha value is -3.35. The van der Waals surface area contributed by atoms with E-state index in [-0.39, 0.29) is 18.2 Å². The van der Waals surface area contributed by atoms with Crippen molar-refractivity contribution in [3.05, 3.63) is 65.7 Å². The zero-order valence-corrected chi connectivity index (χ0v) is 19.3. The Bertz CT molecular complexity index is 945. The van der Waals surface area contributed by atoms with Gasteiger partial charge >= 0.3 is 5.97 Å². The number of rotatable bonds is 10. The van der Waals surface area contributed by atoms with Gasteiger partial charge in [0.05, 0.1) is 19.6 Å². The summed E-state index contributed by atoms with van der Waals surface area (Å²) >= 11 is 0. The van der Waals surface area contributed by atoms with Crippen molar-refractivity contribution >= 4 is 17.8 Å². The molecule has 1 fully saturated rings. The second-order valence-electron chi connectivity index (χ2n) is 8.52. The largest absolute Gasteiger partial charge is 0.493 e. The normalized spacial score (nSPS) is 15.8. The summed E-state index contributed by atoms with van der Waals surface area (Å²) in [4.78, 5) is 39.4. The van der Waals surface area contributed by atoms with Crippen LogP contribution >= 0.6 is 0 Å². The van der Waals surface area contributed by atoms with Gasteiger partial charge in [-0.05, 0) is 36.1 Å². The molecule has 0 saturated carbocycles. The predicted octanol–water partition coefficient (Wildman–Crippen LogP) is 3.23. The van der Waals surface area contributed by atoms with Gasteiger partial charge in [-0.25, -0.2) is 0 Å². The lowest BCUT2D eigenvalue weighted by molar-refractivity contribution is -0.148. The lowest BCUT2D eigenvalue weighted by Gasteiger charge is -2.34. The van der Waals surface area contributed by atoms with E-state index in [1.165, 1.54) is 10.5 Å². The highest BCUT2D eigenvalue weighted by molar-refractivity contribution is 5.99. The summed E-state index contributed by atoms with van der Waals surface area (Å²) in [6.07, 6.45) is 1.34. The maximum absolute atomic E-state index is 13.2. The Morgan fingerprint density at radius 1 is 1.09 bits per heavy atom. The molecule has 1 unspecified atom stereocenters. The molecule has 1 N–H and O–H groups in total. The number of amides is 2. The first-order valence-corrected chi connectivity index (χ1v) is 11.4. The maximum atomic E-state index is 13.2. The molecule has 7 heteroatoms. The van der Waals surface area contributed by atoms with E-state index >= 15 is 0 Å². The van der Waals surface area contributed by atoms with Gasteiger partial charge in [0, 0.05) is 25.1 Å². The molecule has 2 aromatic carbocycles. The number of hydrogen-bond donors (Lipinski definition) is 1. The topological polar surface area (TPSA) is 84.9 Å². The lowest BCUT2D eigenvalue weighted by Crippen LogP contribution is -2.57. The molecule has 0 bridgehead atoms. The van der Waals surface area contributed by atoms with E-state index in [0.29, 0.717) is 43.5 Å². The molecular weight excluding hydrogens is 420 g/mol. The van der Waals surface area contributed by atoms with Crippen LogP contribution in [0.4, 0.5) is 0 Å². The van der Waals surface area contributed by atoms with Gasteiger partial charge in [-0.2, -0.15) is 0 Å². The highest BCUT2D eigenvalue weighted by atomic mass is 16.5. The van der Waals surface area contributed by atoms with Crippen LogP contribution in [0.5, 0.6) is 5.75 Å². The fourth-order valence-electron chi connectivity index (χ4n) is 3.60. The zero-order valence-electron chi connectivity index (χ0n) is 19.3. The van der Waals surface area contributed by atoms with Gasteiger partial charge in [0.2, 0.25) is 5.91 Å². The molecule has 1 aliphatic rings. The molecule has 0 aliphatic carbocycles. The third kappa shape index (κ3) is 7.34. The van der Waals surface area contributed by atoms with E-state index in [4.69, 9.17) is 9.47 Å². The number of benzene rings is 2. The van der Waals surface area contributed by atoms with Crippen LogP contribution in [-0.2, 0) is 20.7 Å². The molecule has 1 saturated heterocycles. The Kier molecular flexibility index (Phi) is 8.87. The first kappa shape index (κ1) is 24.3. The Morgan fingerprint density at radius 3 is 2.64 bits per heavy atom. The van der Waals surface area contributed by atoms with E-state index in [0.717, 1.165) is 12.8 Å². The molecule has 1 heterocycles. The van der Waals surface area contributed by atoms with Crippen LogP contribution < -0.4 is 10.1 Å². The second-order valence-corrected chi connectivity index (χ2v) is 8.52. The first-order valence-electron chi connectivity index (χ1n) is 11.4. The summed E-state index contributed by atoms with van der Waals surface area (Å²) in [5.74, 6) is -0.128. The predicted molar refractivity (Wildman–Crippen MR) is 125 cm³/mol. The van der Waals surface area contributed by atoms with Gasteiger partial charge in [0.1, 0.15) is 11.8 Å². The summed E-state index contributed by atoms with van der Waals surface area (Å²) in [5, 5.41) is 2.74. The van der Waals surface area contributed by atoms with Crippen molar-refractivity contribution in [1.82, 2.24) is 10.2 Å². The minimum absolute atomic E-state index is 0.164. The summed E-state index contributed by atoms with van der Waals surface area (Å²) in [7, 11) is 0. The molecule has 3 rings (SSSR count). The van der Waals surface area contributed by atoms with Crippen LogP contribution in [0, 0.1) is 5.92 Å². The molecule has 7 nitrogen and oxygen atoms in total. The Balaban J connectivity index is 1.61. The average Bonchev–Trinajstić information content (AvgIpc) is 2.80. The second kappa shape index (κ2) is 12.0. The van der Waals surface area contributed by atoms with E-state index in [1.807, 2.05) is 44.2 Å². The summed E-state index contributed by atoms with van der Waals surface area (Å²) in [6, 6.07) is 16.1. The van der Waals surface area contributed by atoms with Crippen LogP contribution in [0.1, 0.15) is 42.6 Å². The minimum atomic E-state index is -0.888. The molecule has 33 heavy (non-hydrogen) atoms. The van der Waals surface area contributed by atoms with Crippen LogP contribution in [0.3, 0.4) is 0 Å². The standard InChI is InChI=1S/C26H32N2O5/c1-19(2)11-15-33-24(29)18-23-25(30)27-13-14-28(23)26(31)21-9-6-10-22(17-21)32-16-12-20-7-4-3-5-8-20/h3-10,17,19,23H,11-16,18H2,1-2H3,(H,27,30). The van der Waals surface area contributed by atoms with Crippen molar-refractivity contribution in [2.24, 2.45) is 5.92 Å². The number of nitrogens with zero attached hydrogens (tertiary/aromatic N) is 1.